The van der Waals surface area contributed by atoms with E-state index in [1.165, 1.54) is 0 Å². The van der Waals surface area contributed by atoms with Crippen LogP contribution in [-0.2, 0) is 4.84 Å². The van der Waals surface area contributed by atoms with E-state index in [-0.39, 0.29) is 0 Å². The van der Waals surface area contributed by atoms with Gasteiger partial charge in [0.25, 0.3) is 0 Å². The molecule has 6 heteroatoms. The second kappa shape index (κ2) is 4.50. The zero-order chi connectivity index (χ0) is 8.10. The zero-order valence-electron chi connectivity index (χ0n) is 5.78. The van der Waals surface area contributed by atoms with Crippen LogP contribution in [-0.4, -0.2) is 28.4 Å². The predicted molar refractivity (Wildman–Crippen MR) is 47.9 cm³/mol. The van der Waals surface area contributed by atoms with Gasteiger partial charge in [0.15, 0.2) is 0 Å². The van der Waals surface area contributed by atoms with Crippen LogP contribution in [0.1, 0.15) is 0 Å². The van der Waals surface area contributed by atoms with E-state index in [0.29, 0.717) is 0 Å². The Balaban J connectivity index is 2.32. The van der Waals surface area contributed by atoms with E-state index < -0.39 is 6.09 Å². The Morgan fingerprint density at radius 2 is 2.45 bits per heavy atom. The fraction of sp³-hybridized carbons (Fsp3) is 0.600. The van der Waals surface area contributed by atoms with Crippen LogP contribution in [0.15, 0.2) is 5.16 Å². The molecule has 2 N–H and O–H groups in total. The monoisotopic (exact) mass is 192 g/mol. The summed E-state index contributed by atoms with van der Waals surface area (Å²) in [6.45, 7) is 0. The Morgan fingerprint density at radius 3 is 3.00 bits per heavy atom. The molecule has 4 nitrogen and oxygen atoms in total. The van der Waals surface area contributed by atoms with Gasteiger partial charge in [0.1, 0.15) is 5.04 Å². The molecule has 0 aromatic heterocycles. The molecule has 0 atom stereocenters. The lowest BCUT2D eigenvalue weighted by Crippen LogP contribution is -2.13. The third kappa shape index (κ3) is 3.52. The third-order valence-electron chi connectivity index (χ3n) is 0.959. The van der Waals surface area contributed by atoms with E-state index in [1.807, 2.05) is 0 Å². The van der Waals surface area contributed by atoms with Crippen molar-refractivity contribution in [2.75, 3.05) is 17.3 Å². The van der Waals surface area contributed by atoms with Gasteiger partial charge in [0.2, 0.25) is 0 Å². The van der Waals surface area contributed by atoms with Crippen molar-refractivity contribution in [1.29, 1.82) is 0 Å². The summed E-state index contributed by atoms with van der Waals surface area (Å²) in [5, 5.41) is 4.40. The Hall–Kier alpha value is -0.360. The van der Waals surface area contributed by atoms with Crippen molar-refractivity contribution >= 4 is 34.7 Å². The summed E-state index contributed by atoms with van der Waals surface area (Å²) >= 11 is 3.37. The number of carbonyl (C=O) groups excluding carboxylic acids is 1. The molecule has 1 rings (SSSR count). The van der Waals surface area contributed by atoms with Crippen molar-refractivity contribution in [1.82, 2.24) is 0 Å². The first kappa shape index (κ1) is 8.73. The van der Waals surface area contributed by atoms with E-state index in [4.69, 9.17) is 5.73 Å². The third-order valence-corrected chi connectivity index (χ3v) is 3.33. The number of carbonyl (C=O) groups is 1. The van der Waals surface area contributed by atoms with Gasteiger partial charge in [-0.25, -0.2) is 4.79 Å². The molecule has 1 amide bonds. The summed E-state index contributed by atoms with van der Waals surface area (Å²) in [5.74, 6) is 2.96. The van der Waals surface area contributed by atoms with Crippen molar-refractivity contribution in [3.05, 3.63) is 0 Å². The average Bonchev–Trinajstić information content (AvgIpc) is 2.03. The lowest BCUT2D eigenvalue weighted by atomic mass is 10.9. The standard InChI is InChI=1S/C5H8N2O2S2/c6-5(8)9-7-4-3-10-1-2-11-4/h1-3H2,(H2,6,8)/b7-4-. The molecule has 1 heterocycles. The normalized spacial score (nSPS) is 21.6. The van der Waals surface area contributed by atoms with E-state index in [1.54, 1.807) is 23.5 Å². The molecule has 1 fully saturated rings. The lowest BCUT2D eigenvalue weighted by Gasteiger charge is -2.09. The molecule has 1 aliphatic rings. The SMILES string of the molecule is NC(=O)O/N=C1/CSCCS1. The van der Waals surface area contributed by atoms with Crippen molar-refractivity contribution in [3.8, 4) is 0 Å². The van der Waals surface area contributed by atoms with Crippen LogP contribution in [0, 0.1) is 0 Å². The quantitative estimate of drug-likeness (QED) is 0.494. The van der Waals surface area contributed by atoms with Gasteiger partial charge in [-0.15, -0.1) is 11.8 Å². The van der Waals surface area contributed by atoms with E-state index in [0.717, 1.165) is 22.3 Å². The van der Waals surface area contributed by atoms with Gasteiger partial charge < -0.3 is 5.73 Å². The molecule has 0 spiro atoms. The number of hydrogen-bond donors (Lipinski definition) is 1. The summed E-state index contributed by atoms with van der Waals surface area (Å²) < 4.78 is 0. The number of nitrogens with zero attached hydrogens (tertiary/aromatic N) is 1. The minimum atomic E-state index is -0.853. The molecule has 0 aromatic rings. The maximum Gasteiger partial charge on any atom is 0.430 e. The van der Waals surface area contributed by atoms with Gasteiger partial charge in [-0.2, -0.15) is 11.8 Å². The number of hydrogen-bond acceptors (Lipinski definition) is 5. The average molecular weight is 192 g/mol. The van der Waals surface area contributed by atoms with Gasteiger partial charge in [-0.05, 0) is 0 Å². The highest BCUT2D eigenvalue weighted by atomic mass is 32.2. The summed E-state index contributed by atoms with van der Waals surface area (Å²) in [6, 6.07) is 0. The van der Waals surface area contributed by atoms with E-state index in [9.17, 15) is 4.79 Å². The van der Waals surface area contributed by atoms with Crippen LogP contribution in [0.5, 0.6) is 0 Å². The van der Waals surface area contributed by atoms with Gasteiger partial charge in [0, 0.05) is 17.3 Å². The number of rotatable bonds is 1. The van der Waals surface area contributed by atoms with E-state index in [2.05, 4.69) is 9.99 Å². The van der Waals surface area contributed by atoms with Gasteiger partial charge >= 0.3 is 6.09 Å². The number of amides is 1. The zero-order valence-corrected chi connectivity index (χ0v) is 7.41. The second-order valence-electron chi connectivity index (χ2n) is 1.80. The van der Waals surface area contributed by atoms with Gasteiger partial charge in [-0.1, -0.05) is 5.16 Å². The Bertz CT molecular complexity index is 175. The highest BCUT2D eigenvalue weighted by Gasteiger charge is 2.08. The van der Waals surface area contributed by atoms with Crippen molar-refractivity contribution in [2.45, 2.75) is 0 Å². The number of oxime groups is 1. The fourth-order valence-corrected chi connectivity index (χ4v) is 2.65. The molecule has 0 bridgehead atoms. The first-order valence-corrected chi connectivity index (χ1v) is 5.17. The molecule has 0 radical (unpaired) electrons. The second-order valence-corrected chi connectivity index (χ2v) is 4.07. The lowest BCUT2D eigenvalue weighted by molar-refractivity contribution is 0.162. The Morgan fingerprint density at radius 1 is 1.64 bits per heavy atom. The minimum absolute atomic E-state index is 0.817. The van der Waals surface area contributed by atoms with Crippen molar-refractivity contribution < 1.29 is 9.63 Å². The molecule has 0 aliphatic carbocycles. The molecular weight excluding hydrogens is 184 g/mol. The largest absolute Gasteiger partial charge is 0.430 e. The highest BCUT2D eigenvalue weighted by Crippen LogP contribution is 2.18. The fourth-order valence-electron chi connectivity index (χ4n) is 0.568. The van der Waals surface area contributed by atoms with Crippen molar-refractivity contribution in [3.63, 3.8) is 0 Å². The molecule has 62 valence electrons. The van der Waals surface area contributed by atoms with Gasteiger partial charge in [-0.3, -0.25) is 4.84 Å². The minimum Gasteiger partial charge on any atom is -0.333 e. The molecule has 11 heavy (non-hydrogen) atoms. The van der Waals surface area contributed by atoms with Crippen molar-refractivity contribution in [2.24, 2.45) is 10.9 Å². The van der Waals surface area contributed by atoms with Crippen LogP contribution in [0.2, 0.25) is 0 Å². The molecule has 0 unspecified atom stereocenters. The van der Waals surface area contributed by atoms with Crippen LogP contribution in [0.4, 0.5) is 4.79 Å². The Kier molecular flexibility index (Phi) is 3.58. The topological polar surface area (TPSA) is 64.7 Å². The molecular formula is C5H8N2O2S2. The first-order valence-electron chi connectivity index (χ1n) is 3.03. The predicted octanol–water partition coefficient (Wildman–Crippen LogP) is 0.875. The highest BCUT2D eigenvalue weighted by molar-refractivity contribution is 8.18. The molecule has 1 saturated heterocycles. The van der Waals surface area contributed by atoms with Crippen LogP contribution in [0.3, 0.4) is 0 Å². The summed E-state index contributed by atoms with van der Waals surface area (Å²) in [7, 11) is 0. The summed E-state index contributed by atoms with van der Waals surface area (Å²) in [5.41, 5.74) is 4.73. The van der Waals surface area contributed by atoms with Crippen LogP contribution < -0.4 is 5.73 Å². The maximum atomic E-state index is 10.1. The molecule has 1 aliphatic heterocycles. The Labute approximate surface area is 72.9 Å². The summed E-state index contributed by atoms with van der Waals surface area (Å²) in [6.07, 6.45) is -0.853. The molecule has 0 saturated carbocycles. The number of thioether (sulfide) groups is 2. The van der Waals surface area contributed by atoms with E-state index >= 15 is 0 Å². The van der Waals surface area contributed by atoms with Crippen LogP contribution in [0.25, 0.3) is 0 Å². The first-order chi connectivity index (χ1) is 5.29. The molecule has 0 aromatic carbocycles. The van der Waals surface area contributed by atoms with Gasteiger partial charge in [0.05, 0.1) is 0 Å². The number of primary amides is 1. The number of nitrogens with two attached hydrogens (primary N) is 1. The smallest absolute Gasteiger partial charge is 0.333 e. The van der Waals surface area contributed by atoms with Crippen LogP contribution >= 0.6 is 23.5 Å². The maximum absolute atomic E-state index is 10.1. The summed E-state index contributed by atoms with van der Waals surface area (Å²) in [4.78, 5) is 14.4.